The highest BCUT2D eigenvalue weighted by Crippen LogP contribution is 2.35. The van der Waals surface area contributed by atoms with Crippen molar-refractivity contribution in [1.82, 2.24) is 0 Å². The van der Waals surface area contributed by atoms with Crippen LogP contribution in [0.25, 0.3) is 0 Å². The van der Waals surface area contributed by atoms with Crippen molar-refractivity contribution in [3.05, 3.63) is 29.8 Å². The van der Waals surface area contributed by atoms with E-state index < -0.39 is 0 Å². The summed E-state index contributed by atoms with van der Waals surface area (Å²) in [6.45, 7) is 4.51. The lowest BCUT2D eigenvalue weighted by atomic mass is 9.81. The maximum atomic E-state index is 11.6. The van der Waals surface area contributed by atoms with Gasteiger partial charge in [0.25, 0.3) is 0 Å². The Morgan fingerprint density at radius 2 is 1.85 bits per heavy atom. The largest absolute Gasteiger partial charge is 0.494 e. The van der Waals surface area contributed by atoms with Crippen LogP contribution in [0.3, 0.4) is 0 Å². The van der Waals surface area contributed by atoms with Crippen molar-refractivity contribution in [2.45, 2.75) is 58.0 Å². The second-order valence-electron chi connectivity index (χ2n) is 5.27. The lowest BCUT2D eigenvalue weighted by molar-refractivity contribution is -0.151. The van der Waals surface area contributed by atoms with Crippen LogP contribution < -0.4 is 4.74 Å². The first-order chi connectivity index (χ1) is 9.74. The molecule has 1 fully saturated rings. The SMILES string of the molecule is CCOc1ccc([C@@H]2CCCC[C@H]2OC(=O)CC)cc1. The third-order valence-electron chi connectivity index (χ3n) is 3.89. The number of rotatable bonds is 5. The van der Waals surface area contributed by atoms with E-state index in [2.05, 4.69) is 12.1 Å². The van der Waals surface area contributed by atoms with E-state index in [9.17, 15) is 4.79 Å². The van der Waals surface area contributed by atoms with E-state index in [0.29, 0.717) is 18.9 Å². The molecule has 3 heteroatoms. The van der Waals surface area contributed by atoms with Crippen LogP contribution in [0.5, 0.6) is 5.75 Å². The Hall–Kier alpha value is -1.51. The van der Waals surface area contributed by atoms with Gasteiger partial charge in [0.15, 0.2) is 0 Å². The van der Waals surface area contributed by atoms with Gasteiger partial charge in [-0.2, -0.15) is 0 Å². The molecule has 110 valence electrons. The molecule has 2 rings (SSSR count). The van der Waals surface area contributed by atoms with Crippen molar-refractivity contribution >= 4 is 5.97 Å². The van der Waals surface area contributed by atoms with Crippen LogP contribution in [0.2, 0.25) is 0 Å². The standard InChI is InChI=1S/C17H24O3/c1-3-17(18)20-16-8-6-5-7-15(16)13-9-11-14(12-10-13)19-4-2/h9-12,15-16H,3-8H2,1-2H3/t15-,16+/m0/s1. The maximum Gasteiger partial charge on any atom is 0.305 e. The molecular weight excluding hydrogens is 252 g/mol. The normalized spacial score (nSPS) is 22.3. The molecule has 0 bridgehead atoms. The second-order valence-corrected chi connectivity index (χ2v) is 5.27. The molecule has 1 aromatic carbocycles. The van der Waals surface area contributed by atoms with Gasteiger partial charge in [0.2, 0.25) is 0 Å². The molecule has 1 aliphatic carbocycles. The summed E-state index contributed by atoms with van der Waals surface area (Å²) in [5, 5.41) is 0. The van der Waals surface area contributed by atoms with Gasteiger partial charge in [0, 0.05) is 12.3 Å². The van der Waals surface area contributed by atoms with Gasteiger partial charge in [0.05, 0.1) is 6.61 Å². The maximum absolute atomic E-state index is 11.6. The molecule has 2 atom stereocenters. The van der Waals surface area contributed by atoms with E-state index in [1.165, 1.54) is 12.0 Å². The first-order valence-electron chi connectivity index (χ1n) is 7.66. The van der Waals surface area contributed by atoms with Crippen molar-refractivity contribution < 1.29 is 14.3 Å². The van der Waals surface area contributed by atoms with E-state index in [4.69, 9.17) is 9.47 Å². The summed E-state index contributed by atoms with van der Waals surface area (Å²) in [6, 6.07) is 8.22. The predicted octanol–water partition coefficient (Wildman–Crippen LogP) is 4.06. The zero-order valence-electron chi connectivity index (χ0n) is 12.4. The first-order valence-corrected chi connectivity index (χ1v) is 7.66. The van der Waals surface area contributed by atoms with Crippen LogP contribution in [0.4, 0.5) is 0 Å². The predicted molar refractivity (Wildman–Crippen MR) is 79.0 cm³/mol. The quantitative estimate of drug-likeness (QED) is 0.761. The van der Waals surface area contributed by atoms with Crippen LogP contribution in [0.15, 0.2) is 24.3 Å². The Balaban J connectivity index is 2.08. The zero-order valence-corrected chi connectivity index (χ0v) is 12.4. The summed E-state index contributed by atoms with van der Waals surface area (Å²) in [5.41, 5.74) is 1.25. The molecule has 0 saturated heterocycles. The summed E-state index contributed by atoms with van der Waals surface area (Å²) < 4.78 is 11.1. The van der Waals surface area contributed by atoms with Crippen molar-refractivity contribution in [2.24, 2.45) is 0 Å². The van der Waals surface area contributed by atoms with Gasteiger partial charge in [-0.1, -0.05) is 25.5 Å². The minimum atomic E-state index is -0.0900. The minimum absolute atomic E-state index is 0.0362. The lowest BCUT2D eigenvalue weighted by Crippen LogP contribution is -2.28. The summed E-state index contributed by atoms with van der Waals surface area (Å²) in [4.78, 5) is 11.6. The van der Waals surface area contributed by atoms with Crippen LogP contribution in [0, 0.1) is 0 Å². The summed E-state index contributed by atoms with van der Waals surface area (Å²) >= 11 is 0. The fourth-order valence-corrected chi connectivity index (χ4v) is 2.85. The highest BCUT2D eigenvalue weighted by atomic mass is 16.5. The van der Waals surface area contributed by atoms with Gasteiger partial charge in [-0.05, 0) is 43.9 Å². The molecule has 1 aliphatic rings. The van der Waals surface area contributed by atoms with E-state index in [-0.39, 0.29) is 12.1 Å². The third-order valence-corrected chi connectivity index (χ3v) is 3.89. The highest BCUT2D eigenvalue weighted by molar-refractivity contribution is 5.69. The Bertz CT molecular complexity index is 424. The molecule has 1 saturated carbocycles. The van der Waals surface area contributed by atoms with E-state index >= 15 is 0 Å². The second kappa shape index (κ2) is 7.32. The molecule has 0 amide bonds. The number of ether oxygens (including phenoxy) is 2. The van der Waals surface area contributed by atoms with E-state index in [0.717, 1.165) is 25.0 Å². The molecular formula is C17H24O3. The van der Waals surface area contributed by atoms with E-state index in [1.807, 2.05) is 26.0 Å². The van der Waals surface area contributed by atoms with Gasteiger partial charge in [0.1, 0.15) is 11.9 Å². The molecule has 0 unspecified atom stereocenters. The van der Waals surface area contributed by atoms with Gasteiger partial charge >= 0.3 is 5.97 Å². The van der Waals surface area contributed by atoms with Gasteiger partial charge in [-0.15, -0.1) is 0 Å². The van der Waals surface area contributed by atoms with Crippen molar-refractivity contribution in [3.8, 4) is 5.75 Å². The van der Waals surface area contributed by atoms with Gasteiger partial charge in [-0.25, -0.2) is 0 Å². The Labute approximate surface area is 121 Å². The molecule has 3 nitrogen and oxygen atoms in total. The Morgan fingerprint density at radius 3 is 2.50 bits per heavy atom. The molecule has 1 aromatic rings. The fraction of sp³-hybridized carbons (Fsp3) is 0.588. The van der Waals surface area contributed by atoms with Gasteiger partial charge in [-0.3, -0.25) is 4.79 Å². The van der Waals surface area contributed by atoms with Gasteiger partial charge < -0.3 is 9.47 Å². The van der Waals surface area contributed by atoms with Crippen molar-refractivity contribution in [1.29, 1.82) is 0 Å². The van der Waals surface area contributed by atoms with Crippen molar-refractivity contribution in [2.75, 3.05) is 6.61 Å². The molecule has 0 aromatic heterocycles. The summed E-state index contributed by atoms with van der Waals surface area (Å²) in [5.74, 6) is 1.14. The minimum Gasteiger partial charge on any atom is -0.494 e. The van der Waals surface area contributed by atoms with Crippen LogP contribution in [0.1, 0.15) is 57.4 Å². The number of hydrogen-bond donors (Lipinski definition) is 0. The third kappa shape index (κ3) is 3.75. The number of benzene rings is 1. The van der Waals surface area contributed by atoms with E-state index in [1.54, 1.807) is 0 Å². The zero-order chi connectivity index (χ0) is 14.4. The Kier molecular flexibility index (Phi) is 5.45. The molecule has 20 heavy (non-hydrogen) atoms. The summed E-state index contributed by atoms with van der Waals surface area (Å²) in [7, 11) is 0. The lowest BCUT2D eigenvalue weighted by Gasteiger charge is -2.31. The number of hydrogen-bond acceptors (Lipinski definition) is 3. The first kappa shape index (κ1) is 14.9. The summed E-state index contributed by atoms with van der Waals surface area (Å²) in [6.07, 6.45) is 4.91. The molecule has 0 heterocycles. The van der Waals surface area contributed by atoms with Crippen LogP contribution >= 0.6 is 0 Å². The average Bonchev–Trinajstić information content (AvgIpc) is 2.49. The molecule has 0 radical (unpaired) electrons. The molecule has 0 spiro atoms. The number of carbonyl (C=O) groups is 1. The highest BCUT2D eigenvalue weighted by Gasteiger charge is 2.29. The average molecular weight is 276 g/mol. The fourth-order valence-electron chi connectivity index (χ4n) is 2.85. The number of esters is 1. The molecule has 0 aliphatic heterocycles. The monoisotopic (exact) mass is 276 g/mol. The van der Waals surface area contributed by atoms with Crippen molar-refractivity contribution in [3.63, 3.8) is 0 Å². The number of carbonyl (C=O) groups excluding carboxylic acids is 1. The Morgan fingerprint density at radius 1 is 1.15 bits per heavy atom. The van der Waals surface area contributed by atoms with Crippen LogP contribution in [-0.2, 0) is 9.53 Å². The molecule has 0 N–H and O–H groups in total. The smallest absolute Gasteiger partial charge is 0.305 e. The topological polar surface area (TPSA) is 35.5 Å². The van der Waals surface area contributed by atoms with Crippen LogP contribution in [-0.4, -0.2) is 18.7 Å².